The number of benzene rings is 1. The van der Waals surface area contributed by atoms with E-state index in [0.29, 0.717) is 5.70 Å². The van der Waals surface area contributed by atoms with Gasteiger partial charge < -0.3 is 10.0 Å². The van der Waals surface area contributed by atoms with Crippen LogP contribution in [0.4, 0.5) is 4.39 Å². The van der Waals surface area contributed by atoms with Crippen LogP contribution < -0.4 is 0 Å². The van der Waals surface area contributed by atoms with Crippen molar-refractivity contribution in [3.63, 3.8) is 0 Å². The molecule has 5 heteroatoms. The zero-order valence-electron chi connectivity index (χ0n) is 11.6. The summed E-state index contributed by atoms with van der Waals surface area (Å²) in [6.45, 7) is 4.51. The molecular weight excluding hydrogens is 261 g/mol. The second-order valence-corrected chi connectivity index (χ2v) is 5.08. The first kappa shape index (κ1) is 14.4. The molecule has 1 heterocycles. The predicted octanol–water partition coefficient (Wildman–Crippen LogP) is 1.78. The van der Waals surface area contributed by atoms with Crippen LogP contribution in [0.5, 0.6) is 0 Å². The number of halogens is 1. The number of allylic oxidation sites excluding steroid dienone is 1. The van der Waals surface area contributed by atoms with Crippen molar-refractivity contribution in [2.24, 2.45) is 0 Å². The highest BCUT2D eigenvalue weighted by Gasteiger charge is 2.47. The molecule has 0 radical (unpaired) electrons. The maximum atomic E-state index is 12.9. The average Bonchev–Trinajstić information content (AvgIpc) is 2.52. The van der Waals surface area contributed by atoms with Crippen molar-refractivity contribution < 1.29 is 19.1 Å². The third kappa shape index (κ3) is 2.25. The molecule has 0 unspecified atom stereocenters. The molecule has 2 rings (SSSR count). The van der Waals surface area contributed by atoms with Crippen molar-refractivity contribution in [3.05, 3.63) is 46.9 Å². The summed E-state index contributed by atoms with van der Waals surface area (Å²) in [6, 6.07) is 5.78. The van der Waals surface area contributed by atoms with E-state index in [0.717, 1.165) is 5.56 Å². The number of aliphatic hydroxyl groups is 1. The first-order chi connectivity index (χ1) is 9.25. The van der Waals surface area contributed by atoms with Crippen LogP contribution in [0.2, 0.25) is 0 Å². The van der Waals surface area contributed by atoms with Gasteiger partial charge in [-0.3, -0.25) is 9.59 Å². The number of hydrogen-bond acceptors (Lipinski definition) is 4. The molecule has 1 atom stereocenters. The van der Waals surface area contributed by atoms with Crippen LogP contribution in [0.3, 0.4) is 0 Å². The Balaban J connectivity index is 2.37. The Kier molecular flexibility index (Phi) is 3.48. The predicted molar refractivity (Wildman–Crippen MR) is 71.0 cm³/mol. The summed E-state index contributed by atoms with van der Waals surface area (Å²) >= 11 is 0. The van der Waals surface area contributed by atoms with Gasteiger partial charge in [-0.1, -0.05) is 12.1 Å². The maximum absolute atomic E-state index is 12.9. The van der Waals surface area contributed by atoms with Crippen molar-refractivity contribution >= 4 is 11.6 Å². The van der Waals surface area contributed by atoms with Crippen LogP contribution >= 0.6 is 0 Å². The lowest BCUT2D eigenvalue weighted by Gasteiger charge is -2.32. The number of carbonyl (C=O) groups excluding carboxylic acids is 2. The van der Waals surface area contributed by atoms with Gasteiger partial charge in [0.15, 0.2) is 11.5 Å². The molecule has 0 aliphatic carbocycles. The molecule has 1 aromatic carbocycles. The van der Waals surface area contributed by atoms with E-state index < -0.39 is 11.5 Å². The van der Waals surface area contributed by atoms with E-state index in [1.54, 1.807) is 19.1 Å². The Morgan fingerprint density at radius 2 is 1.90 bits per heavy atom. The first-order valence-corrected chi connectivity index (χ1v) is 6.26. The minimum absolute atomic E-state index is 0.0251. The molecule has 0 saturated heterocycles. The zero-order valence-corrected chi connectivity index (χ0v) is 11.6. The molecular formula is C15H16FNO3. The van der Waals surface area contributed by atoms with Gasteiger partial charge >= 0.3 is 0 Å². The summed E-state index contributed by atoms with van der Waals surface area (Å²) in [7, 11) is 0. The van der Waals surface area contributed by atoms with Crippen LogP contribution in [-0.2, 0) is 16.1 Å². The smallest absolute Gasteiger partial charge is 0.220 e. The van der Waals surface area contributed by atoms with E-state index in [4.69, 9.17) is 0 Å². The van der Waals surface area contributed by atoms with Gasteiger partial charge in [0.05, 0.1) is 5.57 Å². The normalized spacial score (nSPS) is 22.6. The Hall–Kier alpha value is -2.01. The van der Waals surface area contributed by atoms with Gasteiger partial charge in [0.1, 0.15) is 5.82 Å². The molecule has 0 bridgehead atoms. The van der Waals surface area contributed by atoms with E-state index in [2.05, 4.69) is 0 Å². The van der Waals surface area contributed by atoms with Crippen molar-refractivity contribution in [3.8, 4) is 0 Å². The molecule has 0 aromatic heterocycles. The third-order valence-corrected chi connectivity index (χ3v) is 3.56. The lowest BCUT2D eigenvalue weighted by molar-refractivity contribution is -0.145. The van der Waals surface area contributed by atoms with Crippen molar-refractivity contribution in [2.75, 3.05) is 0 Å². The van der Waals surface area contributed by atoms with Gasteiger partial charge in [-0.2, -0.15) is 0 Å². The standard InChI is InChI=1S/C15H16FNO3/c1-9-13(10(2)18)14(19)15(3,20)17(9)8-11-4-6-12(16)7-5-11/h4-7,20H,8H2,1-3H3/t15-/m1/s1. The highest BCUT2D eigenvalue weighted by molar-refractivity contribution is 6.24. The molecule has 0 saturated carbocycles. The second-order valence-electron chi connectivity index (χ2n) is 5.08. The summed E-state index contributed by atoms with van der Waals surface area (Å²) in [5, 5.41) is 10.3. The third-order valence-electron chi connectivity index (χ3n) is 3.56. The highest BCUT2D eigenvalue weighted by atomic mass is 19.1. The molecule has 0 amide bonds. The highest BCUT2D eigenvalue weighted by Crippen LogP contribution is 2.34. The zero-order chi connectivity index (χ0) is 15.1. The molecule has 1 aromatic rings. The second kappa shape index (κ2) is 4.83. The number of nitrogens with zero attached hydrogens (tertiary/aromatic N) is 1. The van der Waals surface area contributed by atoms with Crippen molar-refractivity contribution in [1.82, 2.24) is 4.90 Å². The molecule has 0 spiro atoms. The molecule has 1 aliphatic rings. The van der Waals surface area contributed by atoms with Crippen LogP contribution in [0.1, 0.15) is 26.3 Å². The van der Waals surface area contributed by atoms with Gasteiger partial charge in [-0.05, 0) is 38.5 Å². The topological polar surface area (TPSA) is 57.6 Å². The molecule has 106 valence electrons. The number of rotatable bonds is 3. The van der Waals surface area contributed by atoms with Crippen LogP contribution in [0, 0.1) is 5.82 Å². The van der Waals surface area contributed by atoms with E-state index in [-0.39, 0.29) is 23.7 Å². The molecule has 1 N–H and O–H groups in total. The average molecular weight is 277 g/mol. The minimum Gasteiger partial charge on any atom is -0.364 e. The monoisotopic (exact) mass is 277 g/mol. The van der Waals surface area contributed by atoms with Crippen molar-refractivity contribution in [2.45, 2.75) is 33.0 Å². The fraction of sp³-hybridized carbons (Fsp3) is 0.333. The summed E-state index contributed by atoms with van der Waals surface area (Å²) in [5.74, 6) is -1.31. The summed E-state index contributed by atoms with van der Waals surface area (Å²) in [5.41, 5.74) is -0.544. The quantitative estimate of drug-likeness (QED) is 0.856. The van der Waals surface area contributed by atoms with Gasteiger partial charge in [0, 0.05) is 12.2 Å². The summed E-state index contributed by atoms with van der Waals surface area (Å²) in [6.07, 6.45) is 0. The largest absolute Gasteiger partial charge is 0.364 e. The number of Topliss-reactive ketones (excluding diaryl/α,β-unsaturated/α-hetero) is 2. The van der Waals surface area contributed by atoms with Gasteiger partial charge in [0.25, 0.3) is 0 Å². The van der Waals surface area contributed by atoms with E-state index in [1.165, 1.54) is 30.9 Å². The summed E-state index contributed by atoms with van der Waals surface area (Å²) < 4.78 is 12.9. The number of hydrogen-bond donors (Lipinski definition) is 1. The summed E-state index contributed by atoms with van der Waals surface area (Å²) in [4.78, 5) is 25.1. The van der Waals surface area contributed by atoms with Crippen LogP contribution in [0.25, 0.3) is 0 Å². The molecule has 1 aliphatic heterocycles. The molecule has 4 nitrogen and oxygen atoms in total. The van der Waals surface area contributed by atoms with E-state index in [9.17, 15) is 19.1 Å². The Morgan fingerprint density at radius 3 is 2.35 bits per heavy atom. The lowest BCUT2D eigenvalue weighted by Crippen LogP contribution is -2.46. The van der Waals surface area contributed by atoms with E-state index in [1.807, 2.05) is 0 Å². The maximum Gasteiger partial charge on any atom is 0.220 e. The Bertz CT molecular complexity index is 602. The van der Waals surface area contributed by atoms with Crippen LogP contribution in [-0.4, -0.2) is 27.3 Å². The number of ketones is 2. The Labute approximate surface area is 116 Å². The fourth-order valence-corrected chi connectivity index (χ4v) is 2.44. The SMILES string of the molecule is CC(=O)C1=C(C)N(Cc2ccc(F)cc2)[C@](C)(O)C1=O. The van der Waals surface area contributed by atoms with E-state index >= 15 is 0 Å². The molecule has 0 fully saturated rings. The van der Waals surface area contributed by atoms with Crippen molar-refractivity contribution in [1.29, 1.82) is 0 Å². The van der Waals surface area contributed by atoms with Gasteiger partial charge in [0.2, 0.25) is 5.78 Å². The minimum atomic E-state index is -1.75. The molecule has 20 heavy (non-hydrogen) atoms. The van der Waals surface area contributed by atoms with Gasteiger partial charge in [-0.25, -0.2) is 4.39 Å². The Morgan fingerprint density at radius 1 is 1.35 bits per heavy atom. The van der Waals surface area contributed by atoms with Gasteiger partial charge in [-0.15, -0.1) is 0 Å². The number of carbonyl (C=O) groups is 2. The fourth-order valence-electron chi connectivity index (χ4n) is 2.44. The van der Waals surface area contributed by atoms with Crippen LogP contribution in [0.15, 0.2) is 35.5 Å². The first-order valence-electron chi connectivity index (χ1n) is 6.26. The lowest BCUT2D eigenvalue weighted by atomic mass is 10.0.